The smallest absolute Gasteiger partial charge is 0.338 e. The Morgan fingerprint density at radius 1 is 0.646 bits per heavy atom. The van der Waals surface area contributed by atoms with Gasteiger partial charge in [-0.05, 0) is 43.2 Å². The minimum absolute atomic E-state index is 0.159. The number of hydrogen-bond donors (Lipinski definition) is 1. The van der Waals surface area contributed by atoms with Gasteiger partial charge < -0.3 is 14.1 Å². The number of aromatic nitrogens is 2. The van der Waals surface area contributed by atoms with E-state index in [0.29, 0.717) is 23.2 Å². The van der Waals surface area contributed by atoms with Crippen molar-refractivity contribution in [1.29, 1.82) is 0 Å². The summed E-state index contributed by atoms with van der Waals surface area (Å²) in [5, 5.41) is 9.39. The lowest BCUT2D eigenvalue weighted by molar-refractivity contribution is 0.0693. The fourth-order valence-electron chi connectivity index (χ4n) is 6.16. The zero-order valence-corrected chi connectivity index (χ0v) is 28.9. The topological polar surface area (TPSA) is 63.7 Å². The Morgan fingerprint density at radius 3 is 1.81 bits per heavy atom. The van der Waals surface area contributed by atoms with Crippen molar-refractivity contribution >= 4 is 74.6 Å². The standard InChI is InChI=1S/C20H15N.C19H13Cl4NO3/c1-3-9-16(10-4-1)18-15-21-14-8-7-13-19(21)20(18)17-11-5-2-6-12-17;1-3-24-8(2)11(9-6-4-5-7-10(9)24)18(25)12-13(19(26)27)15(21)17(23)16(22)14(12)20/h1-15H;4-7H,3H2,1-2H3,(H,26,27). The predicted molar refractivity (Wildman–Crippen MR) is 197 cm³/mol. The van der Waals surface area contributed by atoms with Crippen LogP contribution in [-0.2, 0) is 6.54 Å². The van der Waals surface area contributed by atoms with Crippen LogP contribution < -0.4 is 0 Å². The van der Waals surface area contributed by atoms with E-state index in [4.69, 9.17) is 46.4 Å². The lowest BCUT2D eigenvalue weighted by Crippen LogP contribution is -2.13. The van der Waals surface area contributed by atoms with Gasteiger partial charge in [-0.25, -0.2) is 4.79 Å². The first-order valence-corrected chi connectivity index (χ1v) is 16.6. The Balaban J connectivity index is 0.000000172. The third-order valence-corrected chi connectivity index (χ3v) is 10.1. The number of rotatable bonds is 6. The van der Waals surface area contributed by atoms with Crippen LogP contribution >= 0.6 is 46.4 Å². The number of hydrogen-bond acceptors (Lipinski definition) is 2. The number of carboxylic acids is 1. The Kier molecular flexibility index (Phi) is 9.68. The predicted octanol–water partition coefficient (Wildman–Crippen LogP) is 11.8. The van der Waals surface area contributed by atoms with Crippen molar-refractivity contribution in [2.24, 2.45) is 0 Å². The second-order valence-electron chi connectivity index (χ2n) is 11.0. The molecule has 0 unspecified atom stereocenters. The van der Waals surface area contributed by atoms with Crippen LogP contribution in [0.2, 0.25) is 20.1 Å². The van der Waals surface area contributed by atoms with Gasteiger partial charge in [-0.1, -0.05) is 131 Å². The zero-order chi connectivity index (χ0) is 34.1. The zero-order valence-electron chi connectivity index (χ0n) is 25.8. The number of ketones is 1. The first kappa shape index (κ1) is 33.4. The van der Waals surface area contributed by atoms with E-state index < -0.39 is 17.3 Å². The fourth-order valence-corrected chi connectivity index (χ4v) is 7.18. The van der Waals surface area contributed by atoms with Gasteiger partial charge in [0.05, 0.1) is 42.3 Å². The maximum atomic E-state index is 13.5. The molecule has 3 heterocycles. The molecule has 0 saturated carbocycles. The van der Waals surface area contributed by atoms with E-state index in [-0.39, 0.29) is 25.7 Å². The van der Waals surface area contributed by atoms with E-state index in [2.05, 4.69) is 95.7 Å². The molecule has 0 saturated heterocycles. The lowest BCUT2D eigenvalue weighted by Gasteiger charge is -2.13. The number of fused-ring (bicyclic) bond motifs is 2. The average Bonchev–Trinajstić information content (AvgIpc) is 3.64. The molecule has 0 radical (unpaired) electrons. The van der Waals surface area contributed by atoms with Crippen LogP contribution in [0.3, 0.4) is 0 Å². The molecule has 0 aliphatic rings. The highest BCUT2D eigenvalue weighted by molar-refractivity contribution is 6.54. The monoisotopic (exact) mass is 712 g/mol. The number of halogens is 4. The fraction of sp³-hybridized carbons (Fsp3) is 0.0769. The molecular weight excluding hydrogens is 686 g/mol. The van der Waals surface area contributed by atoms with E-state index in [1.807, 2.05) is 23.6 Å². The highest BCUT2D eigenvalue weighted by Gasteiger charge is 2.32. The Bertz CT molecular complexity index is 2330. The summed E-state index contributed by atoms with van der Waals surface area (Å²) in [4.78, 5) is 25.3. The van der Waals surface area contributed by atoms with Crippen LogP contribution in [0.15, 0.2) is 116 Å². The minimum Gasteiger partial charge on any atom is -0.478 e. The summed E-state index contributed by atoms with van der Waals surface area (Å²) in [5.41, 5.74) is 7.48. The van der Waals surface area contributed by atoms with Crippen LogP contribution in [-0.4, -0.2) is 25.8 Å². The molecule has 240 valence electrons. The van der Waals surface area contributed by atoms with Crippen LogP contribution in [0.25, 0.3) is 38.7 Å². The Morgan fingerprint density at radius 2 is 1.19 bits per heavy atom. The van der Waals surface area contributed by atoms with Gasteiger partial charge in [0.25, 0.3) is 0 Å². The highest BCUT2D eigenvalue weighted by atomic mass is 35.5. The van der Waals surface area contributed by atoms with Crippen LogP contribution in [0.1, 0.15) is 38.9 Å². The molecule has 4 aromatic carbocycles. The van der Waals surface area contributed by atoms with Gasteiger partial charge >= 0.3 is 5.97 Å². The maximum absolute atomic E-state index is 13.5. The van der Waals surface area contributed by atoms with Gasteiger partial charge in [-0.3, -0.25) is 4.79 Å². The normalized spacial score (nSPS) is 11.0. The highest BCUT2D eigenvalue weighted by Crippen LogP contribution is 2.43. The van der Waals surface area contributed by atoms with E-state index >= 15 is 0 Å². The largest absolute Gasteiger partial charge is 0.478 e. The van der Waals surface area contributed by atoms with Crippen molar-refractivity contribution in [3.63, 3.8) is 0 Å². The van der Waals surface area contributed by atoms with Crippen molar-refractivity contribution in [1.82, 2.24) is 8.97 Å². The maximum Gasteiger partial charge on any atom is 0.338 e. The summed E-state index contributed by atoms with van der Waals surface area (Å²) >= 11 is 24.4. The molecule has 0 aliphatic carbocycles. The number of aromatic carboxylic acids is 1. The molecule has 5 nitrogen and oxygen atoms in total. The molecule has 1 N–H and O–H groups in total. The molecule has 3 aromatic heterocycles. The number of aryl methyl sites for hydroxylation is 1. The number of carbonyl (C=O) groups excluding carboxylic acids is 1. The molecule has 0 aliphatic heterocycles. The molecule has 0 bridgehead atoms. The van der Waals surface area contributed by atoms with E-state index in [1.165, 1.54) is 27.8 Å². The van der Waals surface area contributed by atoms with Crippen LogP contribution in [0.5, 0.6) is 0 Å². The molecular formula is C39H28Cl4N2O3. The van der Waals surface area contributed by atoms with Gasteiger partial charge in [-0.2, -0.15) is 0 Å². The van der Waals surface area contributed by atoms with Gasteiger partial charge in [-0.15, -0.1) is 0 Å². The summed E-state index contributed by atoms with van der Waals surface area (Å²) in [6, 6.07) is 34.9. The van der Waals surface area contributed by atoms with Crippen molar-refractivity contribution in [3.8, 4) is 22.3 Å². The quantitative estimate of drug-likeness (QED) is 0.106. The van der Waals surface area contributed by atoms with E-state index in [9.17, 15) is 14.7 Å². The minimum atomic E-state index is -1.42. The molecule has 0 fully saturated rings. The van der Waals surface area contributed by atoms with Crippen molar-refractivity contribution < 1.29 is 14.7 Å². The SMILES string of the molecule is CCn1c(C)c(C(=O)c2c(Cl)c(Cl)c(Cl)c(Cl)c2C(=O)O)c2ccccc21.c1ccc(-c2cn3ccccc3c2-c2ccccc2)cc1. The average molecular weight is 714 g/mol. The summed E-state index contributed by atoms with van der Waals surface area (Å²) in [6.45, 7) is 4.39. The second kappa shape index (κ2) is 13.9. The number of nitrogens with zero attached hydrogens (tertiary/aromatic N) is 2. The third kappa shape index (κ3) is 5.88. The van der Waals surface area contributed by atoms with Gasteiger partial charge in [0.15, 0.2) is 5.78 Å². The van der Waals surface area contributed by atoms with Crippen LogP contribution in [0, 0.1) is 6.92 Å². The molecule has 0 atom stereocenters. The van der Waals surface area contributed by atoms with Gasteiger partial charge in [0, 0.05) is 46.7 Å². The molecule has 48 heavy (non-hydrogen) atoms. The Labute approximate surface area is 297 Å². The second-order valence-corrected chi connectivity index (χ2v) is 12.5. The molecule has 7 aromatic rings. The number of carbonyl (C=O) groups is 2. The molecule has 9 heteroatoms. The van der Waals surface area contributed by atoms with Crippen molar-refractivity contribution in [2.75, 3.05) is 0 Å². The van der Waals surface area contributed by atoms with Gasteiger partial charge in [0.2, 0.25) is 0 Å². The lowest BCUT2D eigenvalue weighted by atomic mass is 9.96. The first-order chi connectivity index (χ1) is 23.1. The Hall–Kier alpha value is -4.52. The summed E-state index contributed by atoms with van der Waals surface area (Å²) < 4.78 is 4.17. The van der Waals surface area contributed by atoms with E-state index in [0.717, 1.165) is 5.52 Å². The van der Waals surface area contributed by atoms with Crippen LogP contribution in [0.4, 0.5) is 0 Å². The first-order valence-electron chi connectivity index (χ1n) is 15.1. The third-order valence-electron chi connectivity index (χ3n) is 8.31. The number of benzene rings is 4. The van der Waals surface area contributed by atoms with E-state index in [1.54, 1.807) is 19.1 Å². The summed E-state index contributed by atoms with van der Waals surface area (Å²) in [7, 11) is 0. The number of carboxylic acid groups (broad SMARTS) is 1. The van der Waals surface area contributed by atoms with Crippen molar-refractivity contribution in [3.05, 3.63) is 158 Å². The van der Waals surface area contributed by atoms with Gasteiger partial charge in [0.1, 0.15) is 0 Å². The molecule has 7 rings (SSSR count). The number of para-hydroxylation sites is 1. The number of pyridine rings is 1. The molecule has 0 amide bonds. The summed E-state index contributed by atoms with van der Waals surface area (Å²) in [6.07, 6.45) is 4.32. The molecule has 0 spiro atoms. The summed E-state index contributed by atoms with van der Waals surface area (Å²) in [5.74, 6) is -1.99. The van der Waals surface area contributed by atoms with Crippen molar-refractivity contribution in [2.45, 2.75) is 20.4 Å².